The van der Waals surface area contributed by atoms with Gasteiger partial charge >= 0.3 is 0 Å². The minimum Gasteiger partial charge on any atom is -0.316 e. The van der Waals surface area contributed by atoms with Crippen molar-refractivity contribution >= 4 is 0 Å². The number of hydrogen-bond donors (Lipinski definition) is 0. The molecule has 0 radical (unpaired) electrons. The molecule has 2 fully saturated rings. The molecule has 25 heavy (non-hydrogen) atoms. The third-order valence-corrected chi connectivity index (χ3v) is 3.97. The Labute approximate surface area is 144 Å². The molecule has 7 nitrogen and oxygen atoms in total. The number of rotatable bonds is 3. The molecule has 0 amide bonds. The maximum Gasteiger partial charge on any atom is 0.289 e. The number of nitriles is 1. The average Bonchev–Trinajstić information content (AvgIpc) is 3.32. The van der Waals surface area contributed by atoms with Gasteiger partial charge in [0.15, 0.2) is 6.79 Å². The Morgan fingerprint density at radius 2 is 1.60 bits per heavy atom. The summed E-state index contributed by atoms with van der Waals surface area (Å²) in [5.41, 5.74) is 3.28. The molecule has 2 saturated heterocycles. The molecule has 3 unspecified atom stereocenters. The van der Waals surface area contributed by atoms with Gasteiger partial charge in [0.25, 0.3) is 5.79 Å². The molecule has 4 rings (SSSR count). The molecule has 7 heteroatoms. The maximum absolute atomic E-state index is 9.14. The van der Waals surface area contributed by atoms with Crippen LogP contribution in [0.25, 0.3) is 11.1 Å². The van der Waals surface area contributed by atoms with Gasteiger partial charge in [-0.05, 0) is 11.1 Å². The number of hydrogen-bond acceptors (Lipinski definition) is 7. The zero-order chi connectivity index (χ0) is 17.3. The molecule has 0 spiro atoms. The van der Waals surface area contributed by atoms with Crippen molar-refractivity contribution < 1.29 is 29.0 Å². The maximum atomic E-state index is 9.14. The third kappa shape index (κ3) is 3.03. The summed E-state index contributed by atoms with van der Waals surface area (Å²) in [7, 11) is 0. The molecule has 2 aromatic carbocycles. The predicted molar refractivity (Wildman–Crippen MR) is 82.8 cm³/mol. The van der Waals surface area contributed by atoms with E-state index in [9.17, 15) is 0 Å². The van der Waals surface area contributed by atoms with E-state index in [-0.39, 0.29) is 6.79 Å². The number of nitrogens with zero attached hydrogens (tertiary/aromatic N) is 1. The molecule has 128 valence electrons. The fraction of sp³-hybridized carbons (Fsp3) is 0.278. The summed E-state index contributed by atoms with van der Waals surface area (Å²) in [6, 6.07) is 17.1. The van der Waals surface area contributed by atoms with Crippen molar-refractivity contribution in [3.63, 3.8) is 0 Å². The lowest BCUT2D eigenvalue weighted by molar-refractivity contribution is -0.312. The van der Waals surface area contributed by atoms with Gasteiger partial charge in [-0.2, -0.15) is 19.9 Å². The van der Waals surface area contributed by atoms with E-state index < -0.39 is 18.4 Å². The van der Waals surface area contributed by atoms with Gasteiger partial charge < -0.3 is 4.74 Å². The summed E-state index contributed by atoms with van der Waals surface area (Å²) >= 11 is 0. The first-order valence-electron chi connectivity index (χ1n) is 7.72. The first-order valence-corrected chi connectivity index (χ1v) is 7.72. The Balaban J connectivity index is 1.75. The second kappa shape index (κ2) is 6.54. The fourth-order valence-electron chi connectivity index (χ4n) is 2.78. The SMILES string of the molecule is CC1(C#N)OOC(c2ccccc2-c2ccccc2C2OCOO2)O1. The quantitative estimate of drug-likeness (QED) is 0.790. The third-order valence-electron chi connectivity index (χ3n) is 3.97. The lowest BCUT2D eigenvalue weighted by Gasteiger charge is -2.18. The zero-order valence-electron chi connectivity index (χ0n) is 13.4. The molecule has 0 N–H and O–H groups in total. The molecule has 0 saturated carbocycles. The van der Waals surface area contributed by atoms with E-state index in [0.717, 1.165) is 22.3 Å². The van der Waals surface area contributed by atoms with Gasteiger partial charge in [0.2, 0.25) is 12.6 Å². The van der Waals surface area contributed by atoms with Crippen LogP contribution in [0.1, 0.15) is 30.6 Å². The Bertz CT molecular complexity index is 813. The largest absolute Gasteiger partial charge is 0.316 e. The van der Waals surface area contributed by atoms with Crippen LogP contribution < -0.4 is 0 Å². The normalized spacial score (nSPS) is 28.8. The van der Waals surface area contributed by atoms with Gasteiger partial charge in [0.05, 0.1) is 0 Å². The van der Waals surface area contributed by atoms with Crippen molar-refractivity contribution in [2.75, 3.05) is 6.79 Å². The van der Waals surface area contributed by atoms with Crippen molar-refractivity contribution in [2.24, 2.45) is 0 Å². The second-order valence-corrected chi connectivity index (χ2v) is 5.69. The van der Waals surface area contributed by atoms with Crippen LogP contribution in [-0.2, 0) is 29.0 Å². The fourth-order valence-corrected chi connectivity index (χ4v) is 2.78. The van der Waals surface area contributed by atoms with Crippen molar-refractivity contribution in [3.05, 3.63) is 59.7 Å². The van der Waals surface area contributed by atoms with Crippen molar-refractivity contribution in [1.29, 1.82) is 5.26 Å². The molecule has 3 atom stereocenters. The molecule has 2 aliphatic heterocycles. The van der Waals surface area contributed by atoms with Crippen LogP contribution in [0.4, 0.5) is 0 Å². The van der Waals surface area contributed by atoms with Gasteiger partial charge in [-0.1, -0.05) is 48.5 Å². The van der Waals surface area contributed by atoms with E-state index in [1.807, 2.05) is 54.6 Å². The summed E-state index contributed by atoms with van der Waals surface area (Å²) < 4.78 is 11.1. The Morgan fingerprint density at radius 3 is 2.16 bits per heavy atom. The summed E-state index contributed by atoms with van der Waals surface area (Å²) in [5, 5.41) is 9.14. The van der Waals surface area contributed by atoms with E-state index in [4.69, 9.17) is 34.3 Å². The van der Waals surface area contributed by atoms with Crippen LogP contribution >= 0.6 is 0 Å². The van der Waals surface area contributed by atoms with E-state index in [2.05, 4.69) is 0 Å². The molecule has 2 aromatic rings. The topological polar surface area (TPSA) is 79.2 Å². The van der Waals surface area contributed by atoms with Gasteiger partial charge in [0.1, 0.15) is 6.07 Å². The van der Waals surface area contributed by atoms with E-state index >= 15 is 0 Å². The van der Waals surface area contributed by atoms with Gasteiger partial charge in [-0.15, -0.1) is 0 Å². The molecular formula is C18H15NO6. The highest BCUT2D eigenvalue weighted by atomic mass is 17.3. The Hall–Kier alpha value is -2.31. The zero-order valence-corrected chi connectivity index (χ0v) is 13.4. The van der Waals surface area contributed by atoms with Crippen molar-refractivity contribution in [2.45, 2.75) is 25.3 Å². The molecular weight excluding hydrogens is 326 g/mol. The highest BCUT2D eigenvalue weighted by molar-refractivity contribution is 5.71. The van der Waals surface area contributed by atoms with Crippen LogP contribution in [0.5, 0.6) is 0 Å². The molecule has 2 aliphatic rings. The monoisotopic (exact) mass is 341 g/mol. The average molecular weight is 341 g/mol. The lowest BCUT2D eigenvalue weighted by atomic mass is 9.94. The highest BCUT2D eigenvalue weighted by Gasteiger charge is 2.41. The van der Waals surface area contributed by atoms with Gasteiger partial charge in [-0.25, -0.2) is 4.89 Å². The number of ether oxygens (including phenoxy) is 2. The lowest BCUT2D eigenvalue weighted by Crippen LogP contribution is -2.22. The van der Waals surface area contributed by atoms with E-state index in [1.54, 1.807) is 0 Å². The first kappa shape index (κ1) is 16.2. The summed E-state index contributed by atoms with van der Waals surface area (Å²) in [6.07, 6.45) is -1.44. The smallest absolute Gasteiger partial charge is 0.289 e. The number of benzene rings is 2. The molecule has 0 aliphatic carbocycles. The minimum atomic E-state index is -1.44. The molecule has 0 aromatic heterocycles. The van der Waals surface area contributed by atoms with Crippen LogP contribution in [-0.4, -0.2) is 12.6 Å². The van der Waals surface area contributed by atoms with Crippen LogP contribution in [0.2, 0.25) is 0 Å². The molecule has 2 heterocycles. The second-order valence-electron chi connectivity index (χ2n) is 5.69. The summed E-state index contributed by atoms with van der Waals surface area (Å²) in [6.45, 7) is 1.57. The first-order chi connectivity index (χ1) is 12.2. The molecule has 0 bridgehead atoms. The van der Waals surface area contributed by atoms with E-state index in [0.29, 0.717) is 0 Å². The van der Waals surface area contributed by atoms with Gasteiger partial charge in [-0.3, -0.25) is 4.74 Å². The van der Waals surface area contributed by atoms with Gasteiger partial charge in [0, 0.05) is 18.1 Å². The van der Waals surface area contributed by atoms with Crippen LogP contribution in [0.3, 0.4) is 0 Å². The minimum absolute atomic E-state index is 0.0733. The summed E-state index contributed by atoms with van der Waals surface area (Å²) in [5.74, 6) is -1.44. The predicted octanol–water partition coefficient (Wildman–Crippen LogP) is 3.50. The highest BCUT2D eigenvalue weighted by Crippen LogP contribution is 2.41. The Morgan fingerprint density at radius 1 is 0.960 bits per heavy atom. The van der Waals surface area contributed by atoms with Crippen molar-refractivity contribution in [1.82, 2.24) is 0 Å². The van der Waals surface area contributed by atoms with Crippen LogP contribution in [0.15, 0.2) is 48.5 Å². The van der Waals surface area contributed by atoms with Crippen molar-refractivity contribution in [3.8, 4) is 17.2 Å². The summed E-state index contributed by atoms with van der Waals surface area (Å²) in [4.78, 5) is 20.3. The standard InChI is InChI=1S/C18H15NO6/c1-18(10-19)22-17(24-25-18)15-9-5-3-7-13(15)12-6-2-4-8-14(12)16-20-11-21-23-16/h2-9,16-17H,11H2,1H3. The Kier molecular flexibility index (Phi) is 4.23. The van der Waals surface area contributed by atoms with Crippen LogP contribution in [0, 0.1) is 11.3 Å². The van der Waals surface area contributed by atoms with E-state index in [1.165, 1.54) is 6.92 Å².